The standard InChI is InChI=1S/C25H31N3O/c1-15-5-4-6-17(11-15)18-7-8-22-20(12-18)19-9-10-28-14-21(16(2)29)23(26-3)13-24(28)25(19)27-22/h4-8,11-12,16,21,23-24,26-27,29H,9-10,13-14H2,1-3H3/t16-,21-,23-,24-/m0/s1. The van der Waals surface area contributed by atoms with Gasteiger partial charge in [-0.05, 0) is 62.6 Å². The minimum Gasteiger partial charge on any atom is -0.393 e. The average Bonchev–Trinajstić information content (AvgIpc) is 3.11. The van der Waals surface area contributed by atoms with E-state index < -0.39 is 0 Å². The van der Waals surface area contributed by atoms with E-state index >= 15 is 0 Å². The molecule has 2 aliphatic rings. The van der Waals surface area contributed by atoms with E-state index in [1.54, 1.807) is 0 Å². The van der Waals surface area contributed by atoms with Gasteiger partial charge in [0.2, 0.25) is 0 Å². The summed E-state index contributed by atoms with van der Waals surface area (Å²) in [6.45, 7) is 6.10. The Morgan fingerprint density at radius 2 is 2.00 bits per heavy atom. The van der Waals surface area contributed by atoms with E-state index in [-0.39, 0.29) is 12.0 Å². The van der Waals surface area contributed by atoms with Crippen molar-refractivity contribution in [1.29, 1.82) is 0 Å². The molecule has 0 radical (unpaired) electrons. The SMILES string of the molecule is CN[C@H]1C[C@H]2c3[nH]c4ccc(-c5cccc(C)c5)cc4c3CCN2C[C@H]1[C@H](C)O. The number of aromatic amines is 1. The fraction of sp³-hybridized carbons (Fsp3) is 0.440. The van der Waals surface area contributed by atoms with Gasteiger partial charge >= 0.3 is 0 Å². The van der Waals surface area contributed by atoms with Gasteiger partial charge in [0, 0.05) is 41.6 Å². The first kappa shape index (κ1) is 18.9. The van der Waals surface area contributed by atoms with Gasteiger partial charge in [0.1, 0.15) is 0 Å². The van der Waals surface area contributed by atoms with Crippen molar-refractivity contribution >= 4 is 10.9 Å². The molecule has 3 N–H and O–H groups in total. The normalized spacial score (nSPS) is 25.6. The molecule has 0 bridgehead atoms. The van der Waals surface area contributed by atoms with E-state index in [2.05, 4.69) is 64.6 Å². The first-order valence-electron chi connectivity index (χ1n) is 10.9. The van der Waals surface area contributed by atoms with Gasteiger partial charge in [-0.15, -0.1) is 0 Å². The summed E-state index contributed by atoms with van der Waals surface area (Å²) in [7, 11) is 2.03. The van der Waals surface area contributed by atoms with Crippen LogP contribution in [0.1, 0.15) is 36.2 Å². The highest BCUT2D eigenvalue weighted by Gasteiger charge is 2.41. The van der Waals surface area contributed by atoms with Crippen LogP contribution in [0.2, 0.25) is 0 Å². The summed E-state index contributed by atoms with van der Waals surface area (Å²) < 4.78 is 0. The molecule has 0 amide bonds. The summed E-state index contributed by atoms with van der Waals surface area (Å²) in [5, 5.41) is 15.1. The van der Waals surface area contributed by atoms with Crippen molar-refractivity contribution < 1.29 is 5.11 Å². The fourth-order valence-electron chi connectivity index (χ4n) is 5.54. The molecule has 5 rings (SSSR count). The molecule has 152 valence electrons. The van der Waals surface area contributed by atoms with Crippen molar-refractivity contribution in [3.05, 3.63) is 59.3 Å². The van der Waals surface area contributed by atoms with Gasteiger partial charge in [-0.1, -0.05) is 35.9 Å². The zero-order valence-electron chi connectivity index (χ0n) is 17.6. The van der Waals surface area contributed by atoms with E-state index in [0.29, 0.717) is 12.1 Å². The molecular formula is C25H31N3O. The van der Waals surface area contributed by atoms with Crippen LogP contribution in [-0.4, -0.2) is 47.3 Å². The van der Waals surface area contributed by atoms with E-state index in [9.17, 15) is 5.11 Å². The molecule has 4 nitrogen and oxygen atoms in total. The summed E-state index contributed by atoms with van der Waals surface area (Å²) in [6.07, 6.45) is 1.82. The van der Waals surface area contributed by atoms with Crippen LogP contribution in [0.4, 0.5) is 0 Å². The number of nitrogens with zero attached hydrogens (tertiary/aromatic N) is 1. The highest BCUT2D eigenvalue weighted by molar-refractivity contribution is 5.89. The lowest BCUT2D eigenvalue weighted by Crippen LogP contribution is -2.54. The predicted molar refractivity (Wildman–Crippen MR) is 119 cm³/mol. The molecule has 4 atom stereocenters. The van der Waals surface area contributed by atoms with Gasteiger partial charge in [-0.3, -0.25) is 4.90 Å². The zero-order valence-corrected chi connectivity index (χ0v) is 17.6. The lowest BCUT2D eigenvalue weighted by molar-refractivity contribution is 0.00758. The highest BCUT2D eigenvalue weighted by atomic mass is 16.3. The third-order valence-corrected chi connectivity index (χ3v) is 7.14. The Morgan fingerprint density at radius 1 is 1.17 bits per heavy atom. The van der Waals surface area contributed by atoms with Crippen LogP contribution in [-0.2, 0) is 6.42 Å². The number of rotatable bonds is 3. The molecular weight excluding hydrogens is 358 g/mol. The number of nitrogens with one attached hydrogen (secondary N) is 2. The molecule has 1 fully saturated rings. The van der Waals surface area contributed by atoms with Gasteiger partial charge < -0.3 is 15.4 Å². The zero-order chi connectivity index (χ0) is 20.1. The number of hydrogen-bond acceptors (Lipinski definition) is 3. The Balaban J connectivity index is 1.54. The molecule has 1 saturated heterocycles. The molecule has 0 spiro atoms. The fourth-order valence-corrected chi connectivity index (χ4v) is 5.54. The molecule has 2 aromatic carbocycles. The number of aliphatic hydroxyl groups is 1. The Kier molecular flexibility index (Phi) is 4.73. The van der Waals surface area contributed by atoms with Crippen molar-refractivity contribution in [3.8, 4) is 11.1 Å². The molecule has 29 heavy (non-hydrogen) atoms. The van der Waals surface area contributed by atoms with Crippen LogP contribution in [0.25, 0.3) is 22.0 Å². The maximum absolute atomic E-state index is 10.3. The maximum atomic E-state index is 10.3. The monoisotopic (exact) mass is 389 g/mol. The Hall–Kier alpha value is -2.14. The van der Waals surface area contributed by atoms with Crippen LogP contribution >= 0.6 is 0 Å². The van der Waals surface area contributed by atoms with Crippen LogP contribution < -0.4 is 5.32 Å². The van der Waals surface area contributed by atoms with E-state index in [1.165, 1.54) is 38.9 Å². The molecule has 2 aliphatic heterocycles. The van der Waals surface area contributed by atoms with Gasteiger partial charge in [-0.25, -0.2) is 0 Å². The Labute approximate surface area is 172 Å². The quantitative estimate of drug-likeness (QED) is 0.634. The lowest BCUT2D eigenvalue weighted by Gasteiger charge is -2.47. The topological polar surface area (TPSA) is 51.3 Å². The molecule has 3 aromatic rings. The second-order valence-corrected chi connectivity index (χ2v) is 8.94. The van der Waals surface area contributed by atoms with E-state index in [0.717, 1.165) is 25.9 Å². The third kappa shape index (κ3) is 3.20. The molecule has 0 saturated carbocycles. The van der Waals surface area contributed by atoms with Crippen LogP contribution in [0.3, 0.4) is 0 Å². The number of piperidine rings is 1. The van der Waals surface area contributed by atoms with Crippen LogP contribution in [0.15, 0.2) is 42.5 Å². The van der Waals surface area contributed by atoms with Gasteiger partial charge in [-0.2, -0.15) is 0 Å². The van der Waals surface area contributed by atoms with E-state index in [4.69, 9.17) is 0 Å². The minimum atomic E-state index is -0.283. The highest BCUT2D eigenvalue weighted by Crippen LogP contribution is 2.42. The van der Waals surface area contributed by atoms with Gasteiger partial charge in [0.05, 0.1) is 12.1 Å². The second kappa shape index (κ2) is 7.28. The van der Waals surface area contributed by atoms with E-state index in [1.807, 2.05) is 14.0 Å². The summed E-state index contributed by atoms with van der Waals surface area (Å²) >= 11 is 0. The summed E-state index contributed by atoms with van der Waals surface area (Å²) in [6, 6.07) is 16.3. The number of fused-ring (bicyclic) bond motifs is 5. The van der Waals surface area contributed by atoms with Gasteiger partial charge in [0.25, 0.3) is 0 Å². The van der Waals surface area contributed by atoms with Crippen molar-refractivity contribution in [1.82, 2.24) is 15.2 Å². The summed E-state index contributed by atoms with van der Waals surface area (Å²) in [5.74, 6) is 0.287. The number of aromatic nitrogens is 1. The Morgan fingerprint density at radius 3 is 2.76 bits per heavy atom. The second-order valence-electron chi connectivity index (χ2n) is 8.94. The molecule has 0 aliphatic carbocycles. The van der Waals surface area contributed by atoms with Crippen molar-refractivity contribution in [2.24, 2.45) is 5.92 Å². The number of H-pyrrole nitrogens is 1. The summed E-state index contributed by atoms with van der Waals surface area (Å²) in [5.41, 5.74) is 7.98. The van der Waals surface area contributed by atoms with Crippen LogP contribution in [0.5, 0.6) is 0 Å². The predicted octanol–water partition coefficient (Wildman–Crippen LogP) is 4.03. The van der Waals surface area contributed by atoms with Crippen molar-refractivity contribution in [3.63, 3.8) is 0 Å². The largest absolute Gasteiger partial charge is 0.393 e. The van der Waals surface area contributed by atoms with Crippen molar-refractivity contribution in [2.45, 2.75) is 44.9 Å². The molecule has 4 heteroatoms. The smallest absolute Gasteiger partial charge is 0.0567 e. The third-order valence-electron chi connectivity index (χ3n) is 7.14. The number of hydrogen-bond donors (Lipinski definition) is 3. The Bertz CT molecular complexity index is 1040. The molecule has 0 unspecified atom stereocenters. The maximum Gasteiger partial charge on any atom is 0.0567 e. The summed E-state index contributed by atoms with van der Waals surface area (Å²) in [4.78, 5) is 6.34. The number of aliphatic hydroxyl groups excluding tert-OH is 1. The first-order chi connectivity index (χ1) is 14.0. The molecule has 1 aromatic heterocycles. The van der Waals surface area contributed by atoms with Gasteiger partial charge in [0.15, 0.2) is 0 Å². The lowest BCUT2D eigenvalue weighted by atomic mass is 9.80. The first-order valence-corrected chi connectivity index (χ1v) is 10.9. The van der Waals surface area contributed by atoms with Crippen LogP contribution in [0, 0.1) is 12.8 Å². The van der Waals surface area contributed by atoms with Crippen molar-refractivity contribution in [2.75, 3.05) is 20.1 Å². The number of aryl methyl sites for hydroxylation is 1. The minimum absolute atomic E-state index is 0.283. The average molecular weight is 390 g/mol. The molecule has 3 heterocycles. The number of benzene rings is 2.